The largest absolute Gasteiger partial charge is 0.462 e. The highest BCUT2D eigenvalue weighted by Gasteiger charge is 2.19. The Kier molecular flexibility index (Phi) is 56.9. The minimum absolute atomic E-state index is 0.102. The van der Waals surface area contributed by atoms with Crippen LogP contribution in [-0.4, -0.2) is 37.2 Å². The van der Waals surface area contributed by atoms with Gasteiger partial charge in [0, 0.05) is 19.3 Å². The van der Waals surface area contributed by atoms with E-state index in [-0.39, 0.29) is 37.5 Å². The summed E-state index contributed by atoms with van der Waals surface area (Å²) >= 11 is 0. The lowest BCUT2D eigenvalue weighted by Crippen LogP contribution is -2.30. The summed E-state index contributed by atoms with van der Waals surface area (Å²) in [6.07, 6.45) is 83.3. The predicted molar refractivity (Wildman–Crippen MR) is 316 cm³/mol. The molecule has 414 valence electrons. The third kappa shape index (κ3) is 58.6. The summed E-state index contributed by atoms with van der Waals surface area (Å²) in [5.74, 6) is -0.961. The number of allylic oxidation sites excluding steroid dienone is 20. The Hall–Kier alpha value is -4.19. The monoisotopic (exact) mass is 1010 g/mol. The van der Waals surface area contributed by atoms with Gasteiger partial charge in [0.1, 0.15) is 13.2 Å². The summed E-state index contributed by atoms with van der Waals surface area (Å²) in [6, 6.07) is 0. The minimum Gasteiger partial charge on any atom is -0.462 e. The van der Waals surface area contributed by atoms with Crippen molar-refractivity contribution in [3.8, 4) is 0 Å². The molecule has 6 heteroatoms. The first-order chi connectivity index (χ1) is 36.0. The minimum atomic E-state index is -0.810. The van der Waals surface area contributed by atoms with Crippen LogP contribution in [-0.2, 0) is 28.6 Å². The SMILES string of the molecule is CC/C=C\C/C=C\C/C=C\C/C=C\C/C=C\CCCCCC(=O)OC[C@H](COC(=O)CCCCCCCCCCC/C=C\CCCCCCCC)OC(=O)CCCCCC/C=C\C/C=C\C/C=C\C/C=C\CC. The Morgan fingerprint density at radius 3 is 0.863 bits per heavy atom. The van der Waals surface area contributed by atoms with E-state index in [0.29, 0.717) is 12.8 Å². The molecular formula is C67H110O6. The van der Waals surface area contributed by atoms with Gasteiger partial charge in [0.15, 0.2) is 6.10 Å². The highest BCUT2D eigenvalue weighted by Crippen LogP contribution is 2.14. The smallest absolute Gasteiger partial charge is 0.306 e. The lowest BCUT2D eigenvalue weighted by Gasteiger charge is -2.18. The summed E-state index contributed by atoms with van der Waals surface area (Å²) in [6.45, 7) is 6.37. The number of carbonyl (C=O) groups excluding carboxylic acids is 3. The number of rotatable bonds is 53. The zero-order valence-corrected chi connectivity index (χ0v) is 47.4. The third-order valence-electron chi connectivity index (χ3n) is 12.4. The van der Waals surface area contributed by atoms with E-state index in [0.717, 1.165) is 135 Å². The second kappa shape index (κ2) is 60.4. The van der Waals surface area contributed by atoms with E-state index in [1.807, 2.05) is 0 Å². The van der Waals surface area contributed by atoms with Gasteiger partial charge in [0.05, 0.1) is 0 Å². The maximum absolute atomic E-state index is 12.9. The molecule has 1 atom stereocenters. The summed E-state index contributed by atoms with van der Waals surface area (Å²) in [5.41, 5.74) is 0. The standard InChI is InChI=1S/C67H110O6/c1-4-7-10-13-16-19-22-25-28-31-33-36-38-41-44-47-50-53-56-59-65(68)71-62-64(73-67(70)61-58-55-52-49-46-43-40-35-30-27-24-21-18-15-12-9-6-3)63-72-66(69)60-57-54-51-48-45-42-39-37-34-32-29-26-23-20-17-14-11-8-5-2/h7,9-10,12,16,18-19,21,25-30,33,36,40-41,43-44,64H,4-6,8,11,13-15,17,20,22-24,31-32,34-35,37-39,42,45-63H2,1-3H3/b10-7-,12-9-,19-16-,21-18-,28-25-,29-26-,30-27-,36-33-,43-40-,44-41-/t64-/m1/s1. The van der Waals surface area contributed by atoms with Gasteiger partial charge in [-0.1, -0.05) is 239 Å². The van der Waals surface area contributed by atoms with Crippen molar-refractivity contribution < 1.29 is 28.6 Å². The molecule has 0 saturated carbocycles. The molecule has 0 unspecified atom stereocenters. The average Bonchev–Trinajstić information content (AvgIpc) is 3.39. The highest BCUT2D eigenvalue weighted by molar-refractivity contribution is 5.71. The van der Waals surface area contributed by atoms with Crippen molar-refractivity contribution in [2.45, 2.75) is 271 Å². The molecule has 0 aromatic carbocycles. The number of hydrogen-bond donors (Lipinski definition) is 0. The van der Waals surface area contributed by atoms with Gasteiger partial charge < -0.3 is 14.2 Å². The van der Waals surface area contributed by atoms with Crippen LogP contribution in [0.5, 0.6) is 0 Å². The summed E-state index contributed by atoms with van der Waals surface area (Å²) in [5, 5.41) is 0. The fraction of sp³-hybridized carbons (Fsp3) is 0.657. The molecule has 0 amide bonds. The van der Waals surface area contributed by atoms with E-state index in [2.05, 4.69) is 142 Å². The van der Waals surface area contributed by atoms with Gasteiger partial charge in [-0.05, 0) is 128 Å². The molecule has 0 heterocycles. The van der Waals surface area contributed by atoms with Gasteiger partial charge in [0.25, 0.3) is 0 Å². The van der Waals surface area contributed by atoms with Crippen LogP contribution in [0.25, 0.3) is 0 Å². The zero-order chi connectivity index (χ0) is 52.9. The number of hydrogen-bond acceptors (Lipinski definition) is 6. The van der Waals surface area contributed by atoms with Crippen LogP contribution in [0.15, 0.2) is 122 Å². The van der Waals surface area contributed by atoms with Crippen LogP contribution in [0.4, 0.5) is 0 Å². The van der Waals surface area contributed by atoms with Gasteiger partial charge >= 0.3 is 17.9 Å². The van der Waals surface area contributed by atoms with Crippen LogP contribution in [0.1, 0.15) is 265 Å². The molecule has 0 aromatic rings. The van der Waals surface area contributed by atoms with Gasteiger partial charge in [0.2, 0.25) is 0 Å². The molecule has 73 heavy (non-hydrogen) atoms. The van der Waals surface area contributed by atoms with Crippen molar-refractivity contribution in [1.29, 1.82) is 0 Å². The summed E-state index contributed by atoms with van der Waals surface area (Å²) in [7, 11) is 0. The lowest BCUT2D eigenvalue weighted by molar-refractivity contribution is -0.167. The number of esters is 3. The first-order valence-electron chi connectivity index (χ1n) is 30.0. The van der Waals surface area contributed by atoms with Crippen molar-refractivity contribution >= 4 is 17.9 Å². The second-order valence-corrected chi connectivity index (χ2v) is 19.5. The van der Waals surface area contributed by atoms with E-state index >= 15 is 0 Å². The van der Waals surface area contributed by atoms with Crippen molar-refractivity contribution in [1.82, 2.24) is 0 Å². The number of ether oxygens (including phenoxy) is 3. The fourth-order valence-corrected chi connectivity index (χ4v) is 7.98. The van der Waals surface area contributed by atoms with Crippen molar-refractivity contribution in [3.05, 3.63) is 122 Å². The predicted octanol–water partition coefficient (Wildman–Crippen LogP) is 20.4. The molecule has 6 nitrogen and oxygen atoms in total. The van der Waals surface area contributed by atoms with E-state index in [1.165, 1.54) is 89.9 Å². The van der Waals surface area contributed by atoms with E-state index in [1.54, 1.807) is 0 Å². The molecule has 0 bridgehead atoms. The molecule has 0 spiro atoms. The normalized spacial score (nSPS) is 13.0. The molecule has 0 fully saturated rings. The molecule has 0 radical (unpaired) electrons. The molecular weight excluding hydrogens is 901 g/mol. The van der Waals surface area contributed by atoms with E-state index < -0.39 is 6.10 Å². The summed E-state index contributed by atoms with van der Waals surface area (Å²) in [4.78, 5) is 38.3. The number of unbranched alkanes of at least 4 members (excludes halogenated alkanes) is 22. The quantitative estimate of drug-likeness (QED) is 0.0261. The summed E-state index contributed by atoms with van der Waals surface area (Å²) < 4.78 is 16.9. The van der Waals surface area contributed by atoms with Crippen molar-refractivity contribution in [3.63, 3.8) is 0 Å². The molecule has 0 aliphatic rings. The Morgan fingerprint density at radius 2 is 0.534 bits per heavy atom. The Morgan fingerprint density at radius 1 is 0.288 bits per heavy atom. The molecule has 0 saturated heterocycles. The molecule has 0 rings (SSSR count). The van der Waals surface area contributed by atoms with E-state index in [9.17, 15) is 14.4 Å². The van der Waals surface area contributed by atoms with Crippen LogP contribution in [0.3, 0.4) is 0 Å². The molecule has 0 N–H and O–H groups in total. The van der Waals surface area contributed by atoms with Gasteiger partial charge in [-0.25, -0.2) is 0 Å². The Bertz CT molecular complexity index is 1540. The first-order valence-corrected chi connectivity index (χ1v) is 30.0. The Labute approximate surface area is 450 Å². The zero-order valence-electron chi connectivity index (χ0n) is 47.4. The second-order valence-electron chi connectivity index (χ2n) is 19.5. The average molecular weight is 1010 g/mol. The molecule has 0 aliphatic carbocycles. The van der Waals surface area contributed by atoms with Crippen molar-refractivity contribution in [2.75, 3.05) is 13.2 Å². The van der Waals surface area contributed by atoms with Crippen molar-refractivity contribution in [2.24, 2.45) is 0 Å². The maximum atomic E-state index is 12.9. The van der Waals surface area contributed by atoms with Crippen LogP contribution in [0.2, 0.25) is 0 Å². The first kappa shape index (κ1) is 68.8. The topological polar surface area (TPSA) is 78.9 Å². The third-order valence-corrected chi connectivity index (χ3v) is 12.4. The number of carbonyl (C=O) groups is 3. The lowest BCUT2D eigenvalue weighted by atomic mass is 10.1. The Balaban J connectivity index is 4.50. The molecule has 0 aromatic heterocycles. The van der Waals surface area contributed by atoms with E-state index in [4.69, 9.17) is 14.2 Å². The fourth-order valence-electron chi connectivity index (χ4n) is 7.98. The highest BCUT2D eigenvalue weighted by atomic mass is 16.6. The van der Waals surface area contributed by atoms with Crippen LogP contribution >= 0.6 is 0 Å². The van der Waals surface area contributed by atoms with Gasteiger partial charge in [-0.3, -0.25) is 14.4 Å². The van der Waals surface area contributed by atoms with Crippen LogP contribution in [0, 0.1) is 0 Å². The van der Waals surface area contributed by atoms with Gasteiger partial charge in [-0.15, -0.1) is 0 Å². The van der Waals surface area contributed by atoms with Crippen LogP contribution < -0.4 is 0 Å². The molecule has 0 aliphatic heterocycles. The van der Waals surface area contributed by atoms with Gasteiger partial charge in [-0.2, -0.15) is 0 Å². The maximum Gasteiger partial charge on any atom is 0.306 e.